The van der Waals surface area contributed by atoms with Gasteiger partial charge in [0.2, 0.25) is 0 Å². The molecule has 0 spiro atoms. The number of methoxy groups -OCH3 is 1. The molecule has 29 heavy (non-hydrogen) atoms. The molecule has 2 unspecified atom stereocenters. The molecule has 2 atom stereocenters. The third-order valence-electron chi connectivity index (χ3n) is 5.15. The van der Waals surface area contributed by atoms with Crippen LogP contribution in [0.4, 0.5) is 0 Å². The third-order valence-corrected chi connectivity index (χ3v) is 6.20. The molecule has 0 aliphatic carbocycles. The molecule has 9 heteroatoms. The van der Waals surface area contributed by atoms with Crippen LogP contribution < -0.4 is 5.32 Å². The number of furan rings is 1. The number of ether oxygens (including phenoxy) is 1. The number of thiazole rings is 1. The average molecular weight is 533 g/mol. The number of hydrogen-bond donors (Lipinski definition) is 1. The largest absolute Gasteiger partial charge is 0.468 e. The van der Waals surface area contributed by atoms with Gasteiger partial charge in [-0.15, -0.1) is 35.3 Å². The second-order valence-electron chi connectivity index (χ2n) is 7.11. The molecule has 1 fully saturated rings. The Morgan fingerprint density at radius 2 is 2.21 bits per heavy atom. The lowest BCUT2D eigenvalue weighted by atomic mass is 10.2. The molecule has 2 aromatic heterocycles. The number of nitrogens with zero attached hydrogens (tertiary/aromatic N) is 4. The zero-order chi connectivity index (χ0) is 19.9. The van der Waals surface area contributed by atoms with Crippen LogP contribution in [-0.2, 0) is 11.3 Å². The molecule has 0 radical (unpaired) electrons. The minimum absolute atomic E-state index is 0. The third kappa shape index (κ3) is 6.40. The number of guanidine groups is 1. The Hall–Kier alpha value is -1.17. The highest BCUT2D eigenvalue weighted by molar-refractivity contribution is 14.0. The first-order chi connectivity index (χ1) is 13.6. The molecule has 0 saturated carbocycles. The first-order valence-electron chi connectivity index (χ1n) is 9.78. The molecule has 0 bridgehead atoms. The van der Waals surface area contributed by atoms with E-state index < -0.39 is 0 Å². The van der Waals surface area contributed by atoms with Gasteiger partial charge in [-0.2, -0.15) is 0 Å². The van der Waals surface area contributed by atoms with Gasteiger partial charge in [0, 0.05) is 33.1 Å². The Morgan fingerprint density at radius 3 is 2.83 bits per heavy atom. The Kier molecular flexibility index (Phi) is 9.87. The van der Waals surface area contributed by atoms with Gasteiger partial charge in [-0.05, 0) is 45.0 Å². The van der Waals surface area contributed by atoms with Crippen molar-refractivity contribution in [3.05, 3.63) is 40.2 Å². The van der Waals surface area contributed by atoms with Gasteiger partial charge < -0.3 is 19.4 Å². The smallest absolute Gasteiger partial charge is 0.193 e. The summed E-state index contributed by atoms with van der Waals surface area (Å²) in [6.07, 6.45) is 4.27. The predicted molar refractivity (Wildman–Crippen MR) is 128 cm³/mol. The summed E-state index contributed by atoms with van der Waals surface area (Å²) in [6.45, 7) is 5.69. The topological polar surface area (TPSA) is 66.1 Å². The van der Waals surface area contributed by atoms with Gasteiger partial charge in [0.15, 0.2) is 5.96 Å². The number of rotatable bonds is 8. The highest BCUT2D eigenvalue weighted by atomic mass is 127. The van der Waals surface area contributed by atoms with Crippen molar-refractivity contribution in [1.29, 1.82) is 0 Å². The predicted octanol–water partition coefficient (Wildman–Crippen LogP) is 3.91. The monoisotopic (exact) mass is 533 g/mol. The van der Waals surface area contributed by atoms with Crippen molar-refractivity contribution >= 4 is 41.3 Å². The number of likely N-dealkylation sites (tertiary alicyclic amines) is 1. The van der Waals surface area contributed by atoms with Crippen LogP contribution in [0.5, 0.6) is 0 Å². The van der Waals surface area contributed by atoms with Crippen molar-refractivity contribution in [2.75, 3.05) is 40.8 Å². The molecule has 1 saturated heterocycles. The molecule has 1 aliphatic rings. The van der Waals surface area contributed by atoms with Gasteiger partial charge in [0.25, 0.3) is 0 Å². The maximum atomic E-state index is 5.71. The second kappa shape index (κ2) is 11.9. The van der Waals surface area contributed by atoms with Crippen LogP contribution >= 0.6 is 35.3 Å². The number of aromatic nitrogens is 1. The fraction of sp³-hybridized carbons (Fsp3) is 0.600. The summed E-state index contributed by atoms with van der Waals surface area (Å²) >= 11 is 1.63. The van der Waals surface area contributed by atoms with Crippen molar-refractivity contribution < 1.29 is 9.15 Å². The highest BCUT2D eigenvalue weighted by Gasteiger charge is 2.26. The Bertz CT molecular complexity index is 746. The van der Waals surface area contributed by atoms with Gasteiger partial charge in [0.1, 0.15) is 16.9 Å². The first-order valence-corrected chi connectivity index (χ1v) is 10.7. The average Bonchev–Trinajstić information content (AvgIpc) is 3.47. The first kappa shape index (κ1) is 24.1. The second-order valence-corrected chi connectivity index (χ2v) is 8.00. The maximum absolute atomic E-state index is 5.71. The van der Waals surface area contributed by atoms with Crippen LogP contribution in [0.1, 0.15) is 48.4 Å². The minimum Gasteiger partial charge on any atom is -0.468 e. The summed E-state index contributed by atoms with van der Waals surface area (Å²) < 4.78 is 11.1. The Balaban J connectivity index is 0.00000300. The van der Waals surface area contributed by atoms with E-state index in [9.17, 15) is 0 Å². The summed E-state index contributed by atoms with van der Waals surface area (Å²) in [4.78, 5) is 13.7. The van der Waals surface area contributed by atoms with E-state index in [1.807, 2.05) is 27.1 Å². The van der Waals surface area contributed by atoms with E-state index in [2.05, 4.69) is 36.5 Å². The summed E-state index contributed by atoms with van der Waals surface area (Å²) in [5.74, 6) is 1.86. The molecular formula is C20H32IN5O2S. The van der Waals surface area contributed by atoms with Crippen LogP contribution in [0.25, 0.3) is 0 Å². The lowest BCUT2D eigenvalue weighted by Gasteiger charge is -2.28. The number of aliphatic imine (C=N–C) groups is 1. The summed E-state index contributed by atoms with van der Waals surface area (Å²) in [6, 6.07) is 4.24. The van der Waals surface area contributed by atoms with Gasteiger partial charge in [0.05, 0.1) is 24.5 Å². The molecular weight excluding hydrogens is 501 g/mol. The van der Waals surface area contributed by atoms with Crippen molar-refractivity contribution in [2.24, 2.45) is 4.99 Å². The number of halogens is 1. The minimum atomic E-state index is 0. The molecule has 3 heterocycles. The molecule has 0 aromatic carbocycles. The standard InChI is InChI=1S/C20H31N5O2S.HI/c1-15(26-4)19-23-16(14-28-19)13-24(3)20(21-2)22-12-17(18-8-7-11-27-18)25-9-5-6-10-25;/h7-8,11,14-15,17H,5-6,9-10,12-13H2,1-4H3,(H,21,22);1H. The van der Waals surface area contributed by atoms with Gasteiger partial charge in [-0.1, -0.05) is 0 Å². The zero-order valence-corrected chi connectivity index (χ0v) is 20.8. The van der Waals surface area contributed by atoms with Crippen LogP contribution in [-0.4, -0.2) is 61.6 Å². The van der Waals surface area contributed by atoms with E-state index in [1.165, 1.54) is 12.8 Å². The normalized spacial score (nSPS) is 17.0. The van der Waals surface area contributed by atoms with E-state index in [1.54, 1.807) is 24.7 Å². The maximum Gasteiger partial charge on any atom is 0.193 e. The quantitative estimate of drug-likeness (QED) is 0.316. The molecule has 7 nitrogen and oxygen atoms in total. The van der Waals surface area contributed by atoms with Gasteiger partial charge >= 0.3 is 0 Å². The lowest BCUT2D eigenvalue weighted by molar-refractivity contribution is 0.119. The van der Waals surface area contributed by atoms with Crippen LogP contribution in [0.15, 0.2) is 33.2 Å². The van der Waals surface area contributed by atoms with Gasteiger partial charge in [-0.3, -0.25) is 9.89 Å². The van der Waals surface area contributed by atoms with Crippen LogP contribution in [0.3, 0.4) is 0 Å². The lowest BCUT2D eigenvalue weighted by Crippen LogP contribution is -2.43. The number of nitrogens with one attached hydrogen (secondary N) is 1. The van der Waals surface area contributed by atoms with E-state index in [0.717, 1.165) is 42.1 Å². The van der Waals surface area contributed by atoms with Crippen molar-refractivity contribution in [1.82, 2.24) is 20.1 Å². The fourth-order valence-corrected chi connectivity index (χ4v) is 4.36. The van der Waals surface area contributed by atoms with Crippen molar-refractivity contribution in [3.63, 3.8) is 0 Å². The molecule has 3 rings (SSSR count). The van der Waals surface area contributed by atoms with Crippen LogP contribution in [0, 0.1) is 0 Å². The summed E-state index contributed by atoms with van der Waals surface area (Å²) in [5.41, 5.74) is 1.02. The van der Waals surface area contributed by atoms with Crippen LogP contribution in [0.2, 0.25) is 0 Å². The molecule has 0 amide bonds. The van der Waals surface area contributed by atoms with E-state index in [4.69, 9.17) is 9.15 Å². The van der Waals surface area contributed by atoms with Gasteiger partial charge in [-0.25, -0.2) is 4.98 Å². The SMILES string of the molecule is CN=C(NCC(c1ccco1)N1CCCC1)N(C)Cc1csc(C(C)OC)n1.I. The van der Waals surface area contributed by atoms with Crippen molar-refractivity contribution in [3.8, 4) is 0 Å². The van der Waals surface area contributed by atoms with E-state index in [0.29, 0.717) is 6.54 Å². The zero-order valence-electron chi connectivity index (χ0n) is 17.6. The summed E-state index contributed by atoms with van der Waals surface area (Å²) in [7, 11) is 5.56. The highest BCUT2D eigenvalue weighted by Crippen LogP contribution is 2.25. The van der Waals surface area contributed by atoms with E-state index in [-0.39, 0.29) is 36.1 Å². The molecule has 1 N–H and O–H groups in total. The number of hydrogen-bond acceptors (Lipinski definition) is 6. The molecule has 1 aliphatic heterocycles. The molecule has 2 aromatic rings. The molecule has 162 valence electrons. The van der Waals surface area contributed by atoms with Crippen molar-refractivity contribution in [2.45, 2.75) is 38.5 Å². The van der Waals surface area contributed by atoms with E-state index >= 15 is 0 Å². The Labute approximate surface area is 194 Å². The summed E-state index contributed by atoms with van der Waals surface area (Å²) in [5, 5.41) is 6.61. The fourth-order valence-electron chi connectivity index (χ4n) is 3.52. The Morgan fingerprint density at radius 1 is 1.45 bits per heavy atom.